The van der Waals surface area contributed by atoms with Crippen LogP contribution in [-0.2, 0) is 9.59 Å². The number of hydrogen-bond donors (Lipinski definition) is 2. The highest BCUT2D eigenvalue weighted by molar-refractivity contribution is 9.10. The Labute approximate surface area is 151 Å². The average Bonchev–Trinajstić information content (AvgIpc) is 2.80. The van der Waals surface area contributed by atoms with E-state index in [0.29, 0.717) is 41.2 Å². The van der Waals surface area contributed by atoms with Crippen molar-refractivity contribution in [3.05, 3.63) is 27.7 Å². The van der Waals surface area contributed by atoms with Crippen molar-refractivity contribution in [2.75, 3.05) is 19.7 Å². The normalized spacial score (nSPS) is 19.2. The number of nitrogens with one attached hydrogen (secondary N) is 2. The van der Waals surface area contributed by atoms with Crippen molar-refractivity contribution in [3.63, 3.8) is 0 Å². The minimum absolute atomic E-state index is 0.105. The summed E-state index contributed by atoms with van der Waals surface area (Å²) in [5, 5.41) is 5.48. The fourth-order valence-electron chi connectivity index (χ4n) is 2.84. The number of rotatable bonds is 3. The molecule has 0 saturated carbocycles. The van der Waals surface area contributed by atoms with Gasteiger partial charge >= 0.3 is 6.03 Å². The van der Waals surface area contributed by atoms with Crippen molar-refractivity contribution in [3.8, 4) is 5.75 Å². The first kappa shape index (κ1) is 17.0. The first-order valence-electron chi connectivity index (χ1n) is 7.39. The van der Waals surface area contributed by atoms with Gasteiger partial charge in [-0.3, -0.25) is 14.9 Å². The molecular weight excluding hydrogens is 402 g/mol. The summed E-state index contributed by atoms with van der Waals surface area (Å²) >= 11 is 9.19. The number of piperidine rings is 1. The molecule has 9 heteroatoms. The number of hydrogen-bond acceptors (Lipinski definition) is 4. The van der Waals surface area contributed by atoms with E-state index in [4.69, 9.17) is 16.3 Å². The maximum atomic E-state index is 12.3. The van der Waals surface area contributed by atoms with Crippen LogP contribution in [0.5, 0.6) is 5.75 Å². The Morgan fingerprint density at radius 3 is 2.62 bits per heavy atom. The molecule has 0 bridgehead atoms. The number of urea groups is 1. The van der Waals surface area contributed by atoms with Gasteiger partial charge < -0.3 is 15.0 Å². The molecule has 0 aromatic heterocycles. The molecule has 4 amide bonds. The first-order chi connectivity index (χ1) is 11.4. The molecule has 2 N–H and O–H groups in total. The van der Waals surface area contributed by atoms with Crippen molar-refractivity contribution < 1.29 is 19.1 Å². The van der Waals surface area contributed by atoms with Crippen molar-refractivity contribution >= 4 is 45.4 Å². The monoisotopic (exact) mass is 415 g/mol. The predicted molar refractivity (Wildman–Crippen MR) is 89.9 cm³/mol. The molecule has 1 aromatic carbocycles. The fourth-order valence-corrected chi connectivity index (χ4v) is 3.64. The quantitative estimate of drug-likeness (QED) is 0.734. The fraction of sp³-hybridized carbons (Fsp3) is 0.400. The molecule has 2 aliphatic heterocycles. The Hall–Kier alpha value is -1.80. The molecular formula is C15H15BrClN3O4. The second kappa shape index (κ2) is 6.60. The minimum atomic E-state index is -0.881. The molecule has 2 fully saturated rings. The lowest BCUT2D eigenvalue weighted by atomic mass is 9.88. The summed E-state index contributed by atoms with van der Waals surface area (Å²) in [5.74, 6) is 0.0426. The van der Waals surface area contributed by atoms with Gasteiger partial charge in [-0.25, -0.2) is 4.79 Å². The van der Waals surface area contributed by atoms with E-state index in [0.717, 1.165) is 0 Å². The van der Waals surface area contributed by atoms with Crippen LogP contribution in [0.2, 0.25) is 5.02 Å². The van der Waals surface area contributed by atoms with Crippen molar-refractivity contribution in [1.29, 1.82) is 0 Å². The lowest BCUT2D eigenvalue weighted by Gasteiger charge is -2.36. The number of ether oxygens (including phenoxy) is 1. The molecule has 0 aliphatic carbocycles. The molecule has 1 spiro atoms. The van der Waals surface area contributed by atoms with Crippen LogP contribution in [-0.4, -0.2) is 48.0 Å². The molecule has 2 aliphatic rings. The molecule has 7 nitrogen and oxygen atoms in total. The van der Waals surface area contributed by atoms with Gasteiger partial charge in [0.15, 0.2) is 6.61 Å². The van der Waals surface area contributed by atoms with E-state index in [1.807, 2.05) is 0 Å². The molecule has 2 heterocycles. The van der Waals surface area contributed by atoms with Gasteiger partial charge in [0.05, 0.1) is 4.47 Å². The second-order valence-corrected chi connectivity index (χ2v) is 7.03. The number of amides is 4. The second-order valence-electron chi connectivity index (χ2n) is 5.73. The molecule has 128 valence electrons. The third kappa shape index (κ3) is 3.34. The minimum Gasteiger partial charge on any atom is -0.483 e. The van der Waals surface area contributed by atoms with E-state index in [2.05, 4.69) is 26.6 Å². The van der Waals surface area contributed by atoms with Gasteiger partial charge in [-0.05, 0) is 47.0 Å². The van der Waals surface area contributed by atoms with E-state index >= 15 is 0 Å². The highest BCUT2D eigenvalue weighted by Crippen LogP contribution is 2.28. The van der Waals surface area contributed by atoms with Crippen LogP contribution in [0.25, 0.3) is 0 Å². The molecule has 0 atom stereocenters. The number of benzene rings is 1. The van der Waals surface area contributed by atoms with Crippen LogP contribution in [0.3, 0.4) is 0 Å². The van der Waals surface area contributed by atoms with Crippen molar-refractivity contribution in [2.24, 2.45) is 0 Å². The van der Waals surface area contributed by atoms with E-state index in [-0.39, 0.29) is 18.4 Å². The molecule has 1 aromatic rings. The molecule has 0 unspecified atom stereocenters. The maximum Gasteiger partial charge on any atom is 0.322 e. The lowest BCUT2D eigenvalue weighted by molar-refractivity contribution is -0.137. The van der Waals surface area contributed by atoms with E-state index in [9.17, 15) is 14.4 Å². The summed E-state index contributed by atoms with van der Waals surface area (Å²) in [7, 11) is 0. The lowest BCUT2D eigenvalue weighted by Crippen LogP contribution is -2.56. The Morgan fingerprint density at radius 1 is 1.33 bits per heavy atom. The van der Waals surface area contributed by atoms with E-state index in [1.54, 1.807) is 23.1 Å². The Balaban J connectivity index is 1.54. The number of nitrogens with zero attached hydrogens (tertiary/aromatic N) is 1. The maximum absolute atomic E-state index is 12.3. The predicted octanol–water partition coefficient (Wildman–Crippen LogP) is 1.68. The van der Waals surface area contributed by atoms with Gasteiger partial charge in [0.2, 0.25) is 0 Å². The number of carbonyl (C=O) groups excluding carboxylic acids is 3. The Kier molecular flexibility index (Phi) is 4.69. The van der Waals surface area contributed by atoms with Crippen LogP contribution in [0, 0.1) is 0 Å². The highest BCUT2D eigenvalue weighted by Gasteiger charge is 2.48. The van der Waals surface area contributed by atoms with Gasteiger partial charge in [-0.1, -0.05) is 11.6 Å². The molecule has 0 radical (unpaired) electrons. The number of likely N-dealkylation sites (tertiary alicyclic amines) is 1. The van der Waals surface area contributed by atoms with Crippen LogP contribution in [0.1, 0.15) is 12.8 Å². The Morgan fingerprint density at radius 2 is 2.04 bits per heavy atom. The van der Waals surface area contributed by atoms with Crippen LogP contribution in [0.4, 0.5) is 4.79 Å². The molecule has 3 rings (SSSR count). The van der Waals surface area contributed by atoms with Gasteiger partial charge in [0, 0.05) is 18.1 Å². The van der Waals surface area contributed by atoms with Gasteiger partial charge in [0.25, 0.3) is 11.8 Å². The molecule has 24 heavy (non-hydrogen) atoms. The summed E-state index contributed by atoms with van der Waals surface area (Å²) in [4.78, 5) is 37.1. The number of imide groups is 1. The summed E-state index contributed by atoms with van der Waals surface area (Å²) in [6.07, 6.45) is 0.780. The standard InChI is InChI=1S/C15H15BrClN3O4/c16-10-7-9(17)1-2-11(10)24-8-12(21)20-5-3-15(4-6-20)13(22)18-14(23)19-15/h1-2,7H,3-6,8H2,(H2,18,19,22,23). The van der Waals surface area contributed by atoms with Crippen LogP contribution >= 0.6 is 27.5 Å². The largest absolute Gasteiger partial charge is 0.483 e. The van der Waals surface area contributed by atoms with Gasteiger partial charge in [0.1, 0.15) is 11.3 Å². The van der Waals surface area contributed by atoms with Crippen molar-refractivity contribution in [2.45, 2.75) is 18.4 Å². The number of carbonyl (C=O) groups is 3. The topological polar surface area (TPSA) is 87.7 Å². The van der Waals surface area contributed by atoms with E-state index < -0.39 is 11.6 Å². The zero-order chi connectivity index (χ0) is 17.3. The first-order valence-corrected chi connectivity index (χ1v) is 8.56. The third-order valence-corrected chi connectivity index (χ3v) is 5.08. The summed E-state index contributed by atoms with van der Waals surface area (Å²) < 4.78 is 6.19. The van der Waals surface area contributed by atoms with Gasteiger partial charge in [-0.2, -0.15) is 0 Å². The Bertz CT molecular complexity index is 704. The smallest absolute Gasteiger partial charge is 0.322 e. The van der Waals surface area contributed by atoms with Gasteiger partial charge in [-0.15, -0.1) is 0 Å². The summed E-state index contributed by atoms with van der Waals surface area (Å²) in [5.41, 5.74) is -0.881. The zero-order valence-corrected chi connectivity index (χ0v) is 14.9. The molecule has 2 saturated heterocycles. The summed E-state index contributed by atoms with van der Waals surface area (Å²) in [6.45, 7) is 0.668. The van der Waals surface area contributed by atoms with E-state index in [1.165, 1.54) is 0 Å². The zero-order valence-electron chi connectivity index (χ0n) is 12.6. The third-order valence-electron chi connectivity index (χ3n) is 4.23. The number of halogens is 2. The average molecular weight is 417 g/mol. The highest BCUT2D eigenvalue weighted by atomic mass is 79.9. The van der Waals surface area contributed by atoms with Crippen LogP contribution < -0.4 is 15.4 Å². The SMILES string of the molecule is O=C1NC(=O)C2(CCN(C(=O)COc3ccc(Cl)cc3Br)CC2)N1. The summed E-state index contributed by atoms with van der Waals surface area (Å²) in [6, 6.07) is 4.57. The van der Waals surface area contributed by atoms with Crippen LogP contribution in [0.15, 0.2) is 22.7 Å². The van der Waals surface area contributed by atoms with Crippen molar-refractivity contribution in [1.82, 2.24) is 15.5 Å².